The van der Waals surface area contributed by atoms with Crippen molar-refractivity contribution in [3.05, 3.63) is 82.3 Å². The summed E-state index contributed by atoms with van der Waals surface area (Å²) in [6.45, 7) is 2.41. The Morgan fingerprint density at radius 2 is 1.60 bits per heavy atom. The Kier molecular flexibility index (Phi) is 9.68. The first-order valence-corrected chi connectivity index (χ1v) is 11.6. The van der Waals surface area contributed by atoms with Crippen molar-refractivity contribution in [2.24, 2.45) is 5.10 Å². The average Bonchev–Trinajstić information content (AvgIpc) is 2.88. The molecule has 0 heterocycles. The predicted molar refractivity (Wildman–Crippen MR) is 136 cm³/mol. The molecular formula is C26H25BrN2O6. The Morgan fingerprint density at radius 1 is 0.943 bits per heavy atom. The number of carbonyl (C=O) groups is 2. The molecule has 0 aliphatic rings. The van der Waals surface area contributed by atoms with E-state index in [1.54, 1.807) is 73.8 Å². The molecular weight excluding hydrogens is 516 g/mol. The van der Waals surface area contributed by atoms with E-state index in [1.165, 1.54) is 6.21 Å². The number of nitrogens with one attached hydrogen (secondary N) is 1. The number of ether oxygens (including phenoxy) is 4. The number of halogens is 1. The number of hydrogen-bond donors (Lipinski definition) is 1. The Morgan fingerprint density at radius 3 is 2.29 bits per heavy atom. The molecule has 3 aromatic rings. The lowest BCUT2D eigenvalue weighted by Crippen LogP contribution is -2.24. The van der Waals surface area contributed by atoms with Gasteiger partial charge in [0.05, 0.1) is 25.5 Å². The molecule has 0 saturated carbocycles. The van der Waals surface area contributed by atoms with Crippen LogP contribution in [0.4, 0.5) is 0 Å². The van der Waals surface area contributed by atoms with E-state index in [1.807, 2.05) is 6.92 Å². The molecule has 182 valence electrons. The van der Waals surface area contributed by atoms with Crippen molar-refractivity contribution in [3.63, 3.8) is 0 Å². The predicted octanol–water partition coefficient (Wildman–Crippen LogP) is 4.99. The molecule has 1 N–H and O–H groups in total. The first-order valence-electron chi connectivity index (χ1n) is 10.8. The number of hydrogen-bond acceptors (Lipinski definition) is 7. The fourth-order valence-corrected chi connectivity index (χ4v) is 3.18. The first kappa shape index (κ1) is 25.8. The highest BCUT2D eigenvalue weighted by molar-refractivity contribution is 9.10. The molecule has 0 aliphatic heterocycles. The summed E-state index contributed by atoms with van der Waals surface area (Å²) >= 11 is 3.39. The Bertz CT molecular complexity index is 1160. The van der Waals surface area contributed by atoms with Crippen LogP contribution in [0.3, 0.4) is 0 Å². The van der Waals surface area contributed by atoms with E-state index in [9.17, 15) is 9.59 Å². The van der Waals surface area contributed by atoms with Gasteiger partial charge in [0.25, 0.3) is 5.91 Å². The molecule has 0 spiro atoms. The SMILES string of the molecule is CCCOc1ccc(C(=O)Oc2ccc(Br)cc2C=NNC(=O)COc2ccc(OC)cc2)cc1. The zero-order valence-electron chi connectivity index (χ0n) is 19.3. The van der Waals surface area contributed by atoms with Crippen molar-refractivity contribution in [2.75, 3.05) is 20.3 Å². The van der Waals surface area contributed by atoms with Crippen LogP contribution in [-0.4, -0.2) is 38.4 Å². The van der Waals surface area contributed by atoms with Crippen molar-refractivity contribution in [1.82, 2.24) is 5.43 Å². The third-order valence-electron chi connectivity index (χ3n) is 4.56. The summed E-state index contributed by atoms with van der Waals surface area (Å²) < 4.78 is 22.3. The number of carbonyl (C=O) groups excluding carboxylic acids is 2. The number of rotatable bonds is 11. The summed E-state index contributed by atoms with van der Waals surface area (Å²) in [5.41, 5.74) is 3.26. The van der Waals surface area contributed by atoms with Gasteiger partial charge >= 0.3 is 5.97 Å². The van der Waals surface area contributed by atoms with Gasteiger partial charge in [-0.25, -0.2) is 10.2 Å². The first-order chi connectivity index (χ1) is 17.0. The van der Waals surface area contributed by atoms with Crippen molar-refractivity contribution in [3.8, 4) is 23.0 Å². The van der Waals surface area contributed by atoms with Crippen molar-refractivity contribution >= 4 is 34.0 Å². The summed E-state index contributed by atoms with van der Waals surface area (Å²) in [6.07, 6.45) is 2.29. The number of esters is 1. The van der Waals surface area contributed by atoms with Crippen LogP contribution in [0.5, 0.6) is 23.0 Å². The lowest BCUT2D eigenvalue weighted by atomic mass is 10.2. The van der Waals surface area contributed by atoms with E-state index >= 15 is 0 Å². The summed E-state index contributed by atoms with van der Waals surface area (Å²) in [7, 11) is 1.57. The Labute approximate surface area is 212 Å². The molecule has 3 aromatic carbocycles. The van der Waals surface area contributed by atoms with Crippen molar-refractivity contribution in [2.45, 2.75) is 13.3 Å². The highest BCUT2D eigenvalue weighted by Crippen LogP contribution is 2.23. The Balaban J connectivity index is 1.58. The van der Waals surface area contributed by atoms with Crippen molar-refractivity contribution < 1.29 is 28.5 Å². The molecule has 0 radical (unpaired) electrons. The molecule has 0 fully saturated rings. The van der Waals surface area contributed by atoms with Crippen LogP contribution in [0, 0.1) is 0 Å². The smallest absolute Gasteiger partial charge is 0.343 e. The summed E-state index contributed by atoms with van der Waals surface area (Å²) in [5, 5.41) is 3.95. The van der Waals surface area contributed by atoms with E-state index < -0.39 is 11.9 Å². The van der Waals surface area contributed by atoms with Crippen LogP contribution in [-0.2, 0) is 4.79 Å². The minimum atomic E-state index is -0.527. The number of amides is 1. The molecule has 35 heavy (non-hydrogen) atoms. The van der Waals surface area contributed by atoms with Gasteiger partial charge in [-0.05, 0) is 73.2 Å². The fourth-order valence-electron chi connectivity index (χ4n) is 2.81. The van der Waals surface area contributed by atoms with Gasteiger partial charge in [-0.3, -0.25) is 4.79 Å². The molecule has 1 amide bonds. The number of methoxy groups -OCH3 is 1. The standard InChI is InChI=1S/C26H25BrN2O6/c1-3-14-33-22-7-4-18(5-8-22)26(31)35-24-13-6-20(27)15-19(24)16-28-29-25(30)17-34-23-11-9-21(32-2)10-12-23/h4-13,15-16H,3,14,17H2,1-2H3,(H,29,30). The lowest BCUT2D eigenvalue weighted by molar-refractivity contribution is -0.123. The third kappa shape index (κ3) is 8.15. The molecule has 0 aromatic heterocycles. The molecule has 0 bridgehead atoms. The molecule has 0 saturated heterocycles. The minimum absolute atomic E-state index is 0.220. The second kappa shape index (κ2) is 13.1. The van der Waals surface area contributed by atoms with Crippen LogP contribution >= 0.6 is 15.9 Å². The largest absolute Gasteiger partial charge is 0.497 e. The van der Waals surface area contributed by atoms with E-state index in [4.69, 9.17) is 18.9 Å². The topological polar surface area (TPSA) is 95.5 Å². The number of benzene rings is 3. The van der Waals surface area contributed by atoms with Crippen LogP contribution in [0.25, 0.3) is 0 Å². The van der Waals surface area contributed by atoms with E-state index in [0.29, 0.717) is 35.0 Å². The summed E-state index contributed by atoms with van der Waals surface area (Å²) in [5.74, 6) is 1.21. The van der Waals surface area contributed by atoms with Gasteiger partial charge in [0.1, 0.15) is 23.0 Å². The van der Waals surface area contributed by atoms with E-state index in [0.717, 1.165) is 10.9 Å². The van der Waals surface area contributed by atoms with Crippen molar-refractivity contribution in [1.29, 1.82) is 0 Å². The lowest BCUT2D eigenvalue weighted by Gasteiger charge is -2.09. The van der Waals surface area contributed by atoms with E-state index in [-0.39, 0.29) is 12.4 Å². The van der Waals surface area contributed by atoms with Gasteiger partial charge in [0.15, 0.2) is 6.61 Å². The average molecular weight is 541 g/mol. The van der Waals surface area contributed by atoms with Gasteiger partial charge in [0, 0.05) is 10.0 Å². The molecule has 3 rings (SSSR count). The van der Waals surface area contributed by atoms with Crippen LogP contribution in [0.15, 0.2) is 76.3 Å². The van der Waals surface area contributed by atoms with E-state index in [2.05, 4.69) is 26.5 Å². The maximum atomic E-state index is 12.6. The molecule has 8 nitrogen and oxygen atoms in total. The fraction of sp³-hybridized carbons (Fsp3) is 0.192. The second-order valence-corrected chi connectivity index (χ2v) is 8.12. The second-order valence-electron chi connectivity index (χ2n) is 7.20. The van der Waals surface area contributed by atoms with Gasteiger partial charge < -0.3 is 18.9 Å². The maximum absolute atomic E-state index is 12.6. The molecule has 0 unspecified atom stereocenters. The Hall–Kier alpha value is -3.85. The zero-order valence-corrected chi connectivity index (χ0v) is 20.9. The highest BCUT2D eigenvalue weighted by Gasteiger charge is 2.12. The molecule has 0 atom stereocenters. The molecule has 9 heteroatoms. The summed E-state index contributed by atoms with van der Waals surface area (Å²) in [6, 6.07) is 18.7. The monoisotopic (exact) mass is 540 g/mol. The van der Waals surface area contributed by atoms with Gasteiger partial charge in [-0.2, -0.15) is 5.10 Å². The highest BCUT2D eigenvalue weighted by atomic mass is 79.9. The molecule has 0 aliphatic carbocycles. The quantitative estimate of drug-likeness (QED) is 0.159. The number of nitrogens with zero attached hydrogens (tertiary/aromatic N) is 1. The van der Waals surface area contributed by atoms with Gasteiger partial charge in [-0.1, -0.05) is 22.9 Å². The third-order valence-corrected chi connectivity index (χ3v) is 5.05. The minimum Gasteiger partial charge on any atom is -0.497 e. The maximum Gasteiger partial charge on any atom is 0.343 e. The van der Waals surface area contributed by atoms with Gasteiger partial charge in [0.2, 0.25) is 0 Å². The summed E-state index contributed by atoms with van der Waals surface area (Å²) in [4.78, 5) is 24.7. The van der Waals surface area contributed by atoms with Crippen LogP contribution < -0.4 is 24.4 Å². The van der Waals surface area contributed by atoms with Gasteiger partial charge in [-0.15, -0.1) is 0 Å². The van der Waals surface area contributed by atoms with Crippen LogP contribution in [0.1, 0.15) is 29.3 Å². The number of hydrazone groups is 1. The normalized spacial score (nSPS) is 10.6. The zero-order chi connectivity index (χ0) is 25.0. The van der Waals surface area contributed by atoms with Crippen LogP contribution in [0.2, 0.25) is 0 Å².